The first-order chi connectivity index (χ1) is 9.34. The molecule has 5 heteroatoms. The molecule has 3 heterocycles. The molecule has 0 spiro atoms. The number of hydrogen-bond donors (Lipinski definition) is 1. The Labute approximate surface area is 112 Å². The van der Waals surface area contributed by atoms with Crippen molar-refractivity contribution in [3.63, 3.8) is 0 Å². The van der Waals surface area contributed by atoms with Gasteiger partial charge < -0.3 is 9.84 Å². The zero-order chi connectivity index (χ0) is 13.1. The van der Waals surface area contributed by atoms with Gasteiger partial charge >= 0.3 is 0 Å². The largest absolute Gasteiger partial charge is 0.337 e. The van der Waals surface area contributed by atoms with Crippen LogP contribution in [0, 0.1) is 6.92 Å². The highest BCUT2D eigenvalue weighted by atomic mass is 16.5. The summed E-state index contributed by atoms with van der Waals surface area (Å²) in [7, 11) is 0. The number of aromatic nitrogens is 3. The van der Waals surface area contributed by atoms with E-state index in [0.29, 0.717) is 11.7 Å². The summed E-state index contributed by atoms with van der Waals surface area (Å²) in [6.07, 6.45) is 8.34. The van der Waals surface area contributed by atoms with Crippen LogP contribution >= 0.6 is 0 Å². The zero-order valence-corrected chi connectivity index (χ0v) is 11.1. The molecule has 1 saturated heterocycles. The minimum absolute atomic E-state index is 0.200. The summed E-state index contributed by atoms with van der Waals surface area (Å²) in [5, 5.41) is 7.57. The molecule has 1 N–H and O–H groups in total. The maximum absolute atomic E-state index is 5.43. The molecule has 1 atom stereocenters. The van der Waals surface area contributed by atoms with E-state index in [1.165, 1.54) is 19.3 Å². The Morgan fingerprint density at radius 2 is 2.26 bits per heavy atom. The van der Waals surface area contributed by atoms with Crippen molar-refractivity contribution < 1.29 is 4.52 Å². The molecule has 2 aromatic rings. The van der Waals surface area contributed by atoms with E-state index in [9.17, 15) is 0 Å². The van der Waals surface area contributed by atoms with Crippen molar-refractivity contribution in [3.8, 4) is 11.4 Å². The van der Waals surface area contributed by atoms with E-state index in [4.69, 9.17) is 4.52 Å². The van der Waals surface area contributed by atoms with Gasteiger partial charge in [0.1, 0.15) is 0 Å². The minimum atomic E-state index is 0.200. The highest BCUT2D eigenvalue weighted by Gasteiger charge is 2.20. The van der Waals surface area contributed by atoms with E-state index in [1.54, 1.807) is 6.20 Å². The normalized spacial score (nSPS) is 20.2. The van der Waals surface area contributed by atoms with Crippen LogP contribution in [0.5, 0.6) is 0 Å². The number of hydrogen-bond acceptors (Lipinski definition) is 5. The lowest BCUT2D eigenvalue weighted by atomic mass is 10.1. The van der Waals surface area contributed by atoms with Gasteiger partial charge in [-0.15, -0.1) is 0 Å². The van der Waals surface area contributed by atoms with Crippen LogP contribution in [0.1, 0.15) is 43.2 Å². The van der Waals surface area contributed by atoms with Crippen molar-refractivity contribution in [2.75, 3.05) is 6.54 Å². The molecule has 0 radical (unpaired) electrons. The van der Waals surface area contributed by atoms with Crippen molar-refractivity contribution in [2.45, 2.75) is 38.6 Å². The number of nitrogens with zero attached hydrogens (tertiary/aromatic N) is 3. The fourth-order valence-corrected chi connectivity index (χ4v) is 2.45. The van der Waals surface area contributed by atoms with Crippen molar-refractivity contribution in [1.29, 1.82) is 0 Å². The van der Waals surface area contributed by atoms with Gasteiger partial charge in [-0.2, -0.15) is 4.98 Å². The van der Waals surface area contributed by atoms with Gasteiger partial charge in [0.25, 0.3) is 0 Å². The molecule has 3 rings (SSSR count). The predicted octanol–water partition coefficient (Wildman–Crippen LogP) is 2.64. The smallest absolute Gasteiger partial charge is 0.244 e. The molecule has 5 nitrogen and oxygen atoms in total. The fourth-order valence-electron chi connectivity index (χ4n) is 2.45. The second-order valence-corrected chi connectivity index (χ2v) is 5.00. The summed E-state index contributed by atoms with van der Waals surface area (Å²) in [6, 6.07) is 2.12. The fraction of sp³-hybridized carbons (Fsp3) is 0.500. The van der Waals surface area contributed by atoms with Gasteiger partial charge in [0.2, 0.25) is 11.7 Å². The van der Waals surface area contributed by atoms with Gasteiger partial charge in [0.05, 0.1) is 6.04 Å². The van der Waals surface area contributed by atoms with Crippen LogP contribution in [0.15, 0.2) is 23.0 Å². The molecule has 1 aliphatic rings. The molecule has 1 aliphatic heterocycles. The summed E-state index contributed by atoms with van der Waals surface area (Å²) < 4.78 is 5.43. The Kier molecular flexibility index (Phi) is 3.55. The average Bonchev–Trinajstić information content (AvgIpc) is 2.75. The first-order valence-corrected chi connectivity index (χ1v) is 6.82. The lowest BCUT2D eigenvalue weighted by molar-refractivity contribution is 0.327. The summed E-state index contributed by atoms with van der Waals surface area (Å²) >= 11 is 0. The molecule has 0 amide bonds. The Morgan fingerprint density at radius 1 is 1.32 bits per heavy atom. The van der Waals surface area contributed by atoms with Gasteiger partial charge in [0, 0.05) is 18.0 Å². The maximum Gasteiger partial charge on any atom is 0.244 e. The van der Waals surface area contributed by atoms with E-state index >= 15 is 0 Å². The molecule has 0 aromatic carbocycles. The summed E-state index contributed by atoms with van der Waals surface area (Å²) in [5.41, 5.74) is 2.04. The van der Waals surface area contributed by atoms with Gasteiger partial charge in [-0.25, -0.2) is 0 Å². The first-order valence-electron chi connectivity index (χ1n) is 6.82. The van der Waals surface area contributed by atoms with Gasteiger partial charge in [-0.05, 0) is 37.9 Å². The van der Waals surface area contributed by atoms with Gasteiger partial charge in [0.15, 0.2) is 0 Å². The third-order valence-electron chi connectivity index (χ3n) is 3.56. The summed E-state index contributed by atoms with van der Waals surface area (Å²) in [6.45, 7) is 3.03. The Morgan fingerprint density at radius 3 is 3.16 bits per heavy atom. The molecular formula is C14H18N4O. The van der Waals surface area contributed by atoms with Crippen LogP contribution in [-0.2, 0) is 0 Å². The predicted molar refractivity (Wildman–Crippen MR) is 71.5 cm³/mol. The van der Waals surface area contributed by atoms with Gasteiger partial charge in [-0.3, -0.25) is 4.98 Å². The van der Waals surface area contributed by atoms with Crippen LogP contribution < -0.4 is 5.32 Å². The Hall–Kier alpha value is -1.75. The molecule has 1 fully saturated rings. The molecule has 100 valence electrons. The molecule has 2 aromatic heterocycles. The van der Waals surface area contributed by atoms with Crippen molar-refractivity contribution >= 4 is 0 Å². The van der Waals surface area contributed by atoms with Crippen molar-refractivity contribution in [1.82, 2.24) is 20.4 Å². The SMILES string of the molecule is Cc1cnccc1-c1noc(C2CCCCCN2)n1. The summed E-state index contributed by atoms with van der Waals surface area (Å²) in [5.74, 6) is 1.36. The minimum Gasteiger partial charge on any atom is -0.337 e. The van der Waals surface area contributed by atoms with E-state index in [1.807, 2.05) is 19.2 Å². The Bertz CT molecular complexity index is 544. The molecule has 1 unspecified atom stereocenters. The van der Waals surface area contributed by atoms with Crippen LogP contribution in [0.3, 0.4) is 0 Å². The number of nitrogens with one attached hydrogen (secondary N) is 1. The third kappa shape index (κ3) is 2.66. The van der Waals surface area contributed by atoms with Crippen LogP contribution in [0.4, 0.5) is 0 Å². The average molecular weight is 258 g/mol. The van der Waals surface area contributed by atoms with Crippen molar-refractivity contribution in [2.24, 2.45) is 0 Å². The lowest BCUT2D eigenvalue weighted by Crippen LogP contribution is -2.20. The number of rotatable bonds is 2. The maximum atomic E-state index is 5.43. The van der Waals surface area contributed by atoms with E-state index < -0.39 is 0 Å². The summed E-state index contributed by atoms with van der Waals surface area (Å²) in [4.78, 5) is 8.62. The highest BCUT2D eigenvalue weighted by Crippen LogP contribution is 2.25. The molecule has 0 aliphatic carbocycles. The van der Waals surface area contributed by atoms with Crippen LogP contribution in [0.2, 0.25) is 0 Å². The second-order valence-electron chi connectivity index (χ2n) is 5.00. The van der Waals surface area contributed by atoms with Crippen molar-refractivity contribution in [3.05, 3.63) is 29.9 Å². The molecule has 19 heavy (non-hydrogen) atoms. The van der Waals surface area contributed by atoms with Crippen LogP contribution in [0.25, 0.3) is 11.4 Å². The number of pyridine rings is 1. The topological polar surface area (TPSA) is 63.8 Å². The molecule has 0 bridgehead atoms. The lowest BCUT2D eigenvalue weighted by Gasteiger charge is -2.09. The molecule has 0 saturated carbocycles. The first kappa shape index (κ1) is 12.3. The number of aryl methyl sites for hydroxylation is 1. The molecular weight excluding hydrogens is 240 g/mol. The highest BCUT2D eigenvalue weighted by molar-refractivity contribution is 5.57. The second kappa shape index (κ2) is 5.48. The van der Waals surface area contributed by atoms with Crippen LogP contribution in [-0.4, -0.2) is 21.7 Å². The third-order valence-corrected chi connectivity index (χ3v) is 3.56. The quantitative estimate of drug-likeness (QED) is 0.897. The van der Waals surface area contributed by atoms with E-state index in [0.717, 1.165) is 24.1 Å². The van der Waals surface area contributed by atoms with E-state index in [2.05, 4.69) is 20.4 Å². The van der Waals surface area contributed by atoms with E-state index in [-0.39, 0.29) is 6.04 Å². The standard InChI is InChI=1S/C14H18N4O/c1-10-9-15-8-6-11(10)13-17-14(19-18-13)12-5-3-2-4-7-16-12/h6,8-9,12,16H,2-5,7H2,1H3. The van der Waals surface area contributed by atoms with Gasteiger partial charge in [-0.1, -0.05) is 18.0 Å². The Balaban J connectivity index is 1.85. The monoisotopic (exact) mass is 258 g/mol. The zero-order valence-electron chi connectivity index (χ0n) is 11.1.